The van der Waals surface area contributed by atoms with Crippen LogP contribution in [0.4, 0.5) is 13.2 Å². The molecule has 0 N–H and O–H groups in total. The van der Waals surface area contributed by atoms with Crippen molar-refractivity contribution in [2.75, 3.05) is 0 Å². The SMILES string of the molecule is Fc1csc2cc(Br)cc(C(F)F)c12. The van der Waals surface area contributed by atoms with Crippen LogP contribution in [0.2, 0.25) is 0 Å². The lowest BCUT2D eigenvalue weighted by atomic mass is 10.1. The molecule has 0 atom stereocenters. The third-order valence-corrected chi connectivity index (χ3v) is 3.22. The maximum absolute atomic E-state index is 13.2. The quantitative estimate of drug-likeness (QED) is 0.708. The number of benzene rings is 1. The minimum absolute atomic E-state index is 0.0354. The van der Waals surface area contributed by atoms with E-state index in [0.717, 1.165) is 11.3 Å². The highest BCUT2D eigenvalue weighted by Crippen LogP contribution is 2.35. The van der Waals surface area contributed by atoms with Gasteiger partial charge in [-0.2, -0.15) is 0 Å². The summed E-state index contributed by atoms with van der Waals surface area (Å²) in [5.41, 5.74) is -0.256. The summed E-state index contributed by atoms with van der Waals surface area (Å²) in [6.45, 7) is 0. The molecule has 0 unspecified atom stereocenters. The van der Waals surface area contributed by atoms with Gasteiger partial charge in [0.25, 0.3) is 6.43 Å². The lowest BCUT2D eigenvalue weighted by Gasteiger charge is -2.02. The molecule has 0 fully saturated rings. The number of halogens is 4. The summed E-state index contributed by atoms with van der Waals surface area (Å²) in [6, 6.07) is 2.89. The van der Waals surface area contributed by atoms with Crippen molar-refractivity contribution in [3.8, 4) is 0 Å². The number of thiophene rings is 1. The third kappa shape index (κ3) is 1.54. The van der Waals surface area contributed by atoms with Gasteiger partial charge in [0.2, 0.25) is 0 Å². The molecule has 0 radical (unpaired) electrons. The number of rotatable bonds is 1. The molecule has 0 aliphatic carbocycles. The summed E-state index contributed by atoms with van der Waals surface area (Å²) in [7, 11) is 0. The van der Waals surface area contributed by atoms with Gasteiger partial charge in [-0.25, -0.2) is 13.2 Å². The first kappa shape index (κ1) is 9.98. The third-order valence-electron chi connectivity index (χ3n) is 1.86. The Morgan fingerprint density at radius 3 is 2.64 bits per heavy atom. The highest BCUT2D eigenvalue weighted by atomic mass is 79.9. The summed E-state index contributed by atoms with van der Waals surface area (Å²) in [5, 5.41) is 1.27. The molecule has 1 aromatic carbocycles. The van der Waals surface area contributed by atoms with Crippen LogP contribution >= 0.6 is 27.3 Å². The topological polar surface area (TPSA) is 0 Å². The zero-order valence-corrected chi connectivity index (χ0v) is 9.13. The summed E-state index contributed by atoms with van der Waals surface area (Å²) in [5.74, 6) is -0.576. The van der Waals surface area contributed by atoms with E-state index in [4.69, 9.17) is 0 Å². The van der Waals surface area contributed by atoms with Crippen molar-refractivity contribution in [1.29, 1.82) is 0 Å². The average molecular weight is 281 g/mol. The first-order valence-corrected chi connectivity index (χ1v) is 5.41. The van der Waals surface area contributed by atoms with E-state index in [-0.39, 0.29) is 10.9 Å². The summed E-state index contributed by atoms with van der Waals surface area (Å²) in [4.78, 5) is 0. The van der Waals surface area contributed by atoms with Gasteiger partial charge in [0, 0.05) is 25.5 Å². The Hall–Kier alpha value is -0.550. The van der Waals surface area contributed by atoms with Crippen LogP contribution in [0.5, 0.6) is 0 Å². The van der Waals surface area contributed by atoms with Crippen molar-refractivity contribution in [2.24, 2.45) is 0 Å². The first-order chi connectivity index (χ1) is 6.59. The van der Waals surface area contributed by atoms with Crippen LogP contribution in [-0.2, 0) is 0 Å². The Morgan fingerprint density at radius 1 is 1.29 bits per heavy atom. The zero-order chi connectivity index (χ0) is 10.3. The Balaban J connectivity index is 2.83. The predicted molar refractivity (Wildman–Crippen MR) is 54.4 cm³/mol. The van der Waals surface area contributed by atoms with Gasteiger partial charge in [-0.1, -0.05) is 15.9 Å². The molecule has 1 aromatic heterocycles. The molecule has 0 bridgehead atoms. The van der Waals surface area contributed by atoms with Gasteiger partial charge < -0.3 is 0 Å². The van der Waals surface area contributed by atoms with E-state index in [0.29, 0.717) is 9.17 Å². The fraction of sp³-hybridized carbons (Fsp3) is 0.111. The molecule has 1 heterocycles. The van der Waals surface area contributed by atoms with Crippen LogP contribution in [0.15, 0.2) is 22.0 Å². The molecule has 0 aliphatic heterocycles. The summed E-state index contributed by atoms with van der Waals surface area (Å²) >= 11 is 4.23. The molecule has 2 rings (SSSR count). The van der Waals surface area contributed by atoms with Crippen LogP contribution in [0.1, 0.15) is 12.0 Å². The molecule has 0 amide bonds. The maximum atomic E-state index is 13.2. The second kappa shape index (κ2) is 3.55. The zero-order valence-electron chi connectivity index (χ0n) is 6.73. The largest absolute Gasteiger partial charge is 0.264 e. The Labute approximate surface area is 90.5 Å². The van der Waals surface area contributed by atoms with E-state index < -0.39 is 12.2 Å². The minimum atomic E-state index is -2.65. The van der Waals surface area contributed by atoms with Crippen molar-refractivity contribution in [3.63, 3.8) is 0 Å². The van der Waals surface area contributed by atoms with Gasteiger partial charge in [0.1, 0.15) is 5.82 Å². The smallest absolute Gasteiger partial charge is 0.205 e. The van der Waals surface area contributed by atoms with E-state index in [1.54, 1.807) is 6.07 Å². The van der Waals surface area contributed by atoms with E-state index in [1.807, 2.05) is 0 Å². The number of fused-ring (bicyclic) bond motifs is 1. The minimum Gasteiger partial charge on any atom is -0.205 e. The highest BCUT2D eigenvalue weighted by molar-refractivity contribution is 9.10. The molecule has 74 valence electrons. The van der Waals surface area contributed by atoms with Crippen molar-refractivity contribution < 1.29 is 13.2 Å². The Bertz CT molecular complexity index is 478. The second-order valence-electron chi connectivity index (χ2n) is 2.75. The summed E-state index contributed by atoms with van der Waals surface area (Å²) < 4.78 is 39.3. The van der Waals surface area contributed by atoms with Gasteiger partial charge in [-0.05, 0) is 12.1 Å². The van der Waals surface area contributed by atoms with Gasteiger partial charge in [0.15, 0.2) is 0 Å². The fourth-order valence-electron chi connectivity index (χ4n) is 1.30. The van der Waals surface area contributed by atoms with E-state index in [2.05, 4.69) is 15.9 Å². The molecule has 2 aromatic rings. The van der Waals surface area contributed by atoms with E-state index in [9.17, 15) is 13.2 Å². The molecular formula is C9H4BrF3S. The fourth-order valence-corrected chi connectivity index (χ4v) is 2.80. The van der Waals surface area contributed by atoms with Gasteiger partial charge in [-0.15, -0.1) is 11.3 Å². The van der Waals surface area contributed by atoms with Gasteiger partial charge >= 0.3 is 0 Å². The number of hydrogen-bond donors (Lipinski definition) is 0. The van der Waals surface area contributed by atoms with Crippen molar-refractivity contribution in [1.82, 2.24) is 0 Å². The normalized spacial score (nSPS) is 11.5. The molecule has 0 aliphatic rings. The lowest BCUT2D eigenvalue weighted by Crippen LogP contribution is -1.86. The van der Waals surface area contributed by atoms with Gasteiger partial charge in [0.05, 0.1) is 0 Å². The Morgan fingerprint density at radius 2 is 2.00 bits per heavy atom. The molecule has 0 saturated carbocycles. The van der Waals surface area contributed by atoms with Gasteiger partial charge in [-0.3, -0.25) is 0 Å². The molecule has 0 nitrogen and oxygen atoms in total. The van der Waals surface area contributed by atoms with E-state index in [1.165, 1.54) is 11.4 Å². The van der Waals surface area contributed by atoms with Crippen molar-refractivity contribution >= 4 is 37.4 Å². The van der Waals surface area contributed by atoms with Crippen molar-refractivity contribution in [2.45, 2.75) is 6.43 Å². The molecule has 0 spiro atoms. The molecule has 5 heteroatoms. The lowest BCUT2D eigenvalue weighted by molar-refractivity contribution is 0.153. The first-order valence-electron chi connectivity index (χ1n) is 3.74. The van der Waals surface area contributed by atoms with Crippen LogP contribution in [0.25, 0.3) is 10.1 Å². The van der Waals surface area contributed by atoms with Crippen LogP contribution in [0, 0.1) is 5.82 Å². The molecule has 0 saturated heterocycles. The molecule has 14 heavy (non-hydrogen) atoms. The second-order valence-corrected chi connectivity index (χ2v) is 4.58. The van der Waals surface area contributed by atoms with Crippen LogP contribution in [0.3, 0.4) is 0 Å². The monoisotopic (exact) mass is 280 g/mol. The summed E-state index contributed by atoms with van der Waals surface area (Å²) in [6.07, 6.45) is -2.65. The predicted octanol–water partition coefficient (Wildman–Crippen LogP) is 4.74. The Kier molecular flexibility index (Phi) is 2.53. The average Bonchev–Trinajstić information content (AvgIpc) is 2.46. The van der Waals surface area contributed by atoms with Crippen LogP contribution in [-0.4, -0.2) is 0 Å². The number of hydrogen-bond acceptors (Lipinski definition) is 1. The number of alkyl halides is 2. The molecular weight excluding hydrogens is 277 g/mol. The standard InChI is InChI=1S/C9H4BrF3S/c10-4-1-5(9(12)13)8-6(11)3-14-7(8)2-4/h1-3,9H. The van der Waals surface area contributed by atoms with Crippen molar-refractivity contribution in [3.05, 3.63) is 33.4 Å². The maximum Gasteiger partial charge on any atom is 0.264 e. The van der Waals surface area contributed by atoms with E-state index >= 15 is 0 Å². The highest BCUT2D eigenvalue weighted by Gasteiger charge is 2.16. The van der Waals surface area contributed by atoms with Crippen LogP contribution < -0.4 is 0 Å².